The van der Waals surface area contributed by atoms with Crippen molar-refractivity contribution < 1.29 is 9.53 Å². The van der Waals surface area contributed by atoms with Crippen LogP contribution in [0.3, 0.4) is 0 Å². The quantitative estimate of drug-likeness (QED) is 0.723. The molecule has 0 aliphatic rings. The molecule has 0 aromatic carbocycles. The summed E-state index contributed by atoms with van der Waals surface area (Å²) in [5.41, 5.74) is 1.02. The molecule has 0 aliphatic heterocycles. The van der Waals surface area contributed by atoms with Crippen LogP contribution in [-0.4, -0.2) is 23.0 Å². The second-order valence-corrected chi connectivity index (χ2v) is 2.74. The van der Waals surface area contributed by atoms with Gasteiger partial charge in [-0.2, -0.15) is 0 Å². The highest BCUT2D eigenvalue weighted by atomic mass is 79.9. The Labute approximate surface area is 72.1 Å². The van der Waals surface area contributed by atoms with E-state index in [1.807, 2.05) is 0 Å². The van der Waals surface area contributed by atoms with Gasteiger partial charge in [0.1, 0.15) is 0 Å². The zero-order chi connectivity index (χ0) is 8.43. The van der Waals surface area contributed by atoms with Crippen molar-refractivity contribution in [3.05, 3.63) is 16.1 Å². The first-order valence-electron chi connectivity index (χ1n) is 2.95. The predicted molar refractivity (Wildman–Crippen MR) is 42.4 cm³/mol. The van der Waals surface area contributed by atoms with Gasteiger partial charge < -0.3 is 9.72 Å². The van der Waals surface area contributed by atoms with Crippen LogP contribution >= 0.6 is 15.9 Å². The van der Waals surface area contributed by atoms with Crippen LogP contribution in [0.4, 0.5) is 0 Å². The normalized spacial score (nSPS) is 9.73. The van der Waals surface area contributed by atoms with Gasteiger partial charge in [-0.1, -0.05) is 0 Å². The first-order chi connectivity index (χ1) is 5.15. The van der Waals surface area contributed by atoms with Crippen LogP contribution in [0.25, 0.3) is 0 Å². The molecule has 1 N–H and O–H groups in total. The van der Waals surface area contributed by atoms with Gasteiger partial charge in [0.25, 0.3) is 0 Å². The monoisotopic (exact) mass is 218 g/mol. The number of aromatic amines is 1. The lowest BCUT2D eigenvalue weighted by Gasteiger charge is -1.93. The summed E-state index contributed by atoms with van der Waals surface area (Å²) in [5, 5.41) is 0. The molecule has 1 rings (SSSR count). The molecular formula is C6H7BrN2O2. The lowest BCUT2D eigenvalue weighted by Crippen LogP contribution is -2.03. The smallest absolute Gasteiger partial charge is 0.358 e. The van der Waals surface area contributed by atoms with Gasteiger partial charge in [-0.15, -0.1) is 0 Å². The molecule has 0 saturated heterocycles. The van der Waals surface area contributed by atoms with E-state index >= 15 is 0 Å². The number of nitrogens with zero attached hydrogens (tertiary/aromatic N) is 1. The Balaban J connectivity index is 3.03. The molecule has 1 aromatic rings. The fourth-order valence-electron chi connectivity index (χ4n) is 0.719. The Kier molecular flexibility index (Phi) is 2.28. The number of imidazole rings is 1. The molecule has 0 unspecified atom stereocenters. The van der Waals surface area contributed by atoms with Crippen LogP contribution in [0.15, 0.2) is 4.73 Å². The van der Waals surface area contributed by atoms with E-state index in [2.05, 4.69) is 30.6 Å². The Bertz CT molecular complexity index is 282. The Morgan fingerprint density at radius 2 is 2.36 bits per heavy atom. The largest absolute Gasteiger partial charge is 0.464 e. The van der Waals surface area contributed by atoms with Crippen molar-refractivity contribution >= 4 is 21.9 Å². The topological polar surface area (TPSA) is 55.0 Å². The summed E-state index contributed by atoms with van der Waals surface area (Å²) in [6.07, 6.45) is 0. The second-order valence-electron chi connectivity index (χ2n) is 1.99. The van der Waals surface area contributed by atoms with Crippen molar-refractivity contribution in [3.63, 3.8) is 0 Å². The number of hydrogen-bond donors (Lipinski definition) is 1. The molecule has 4 nitrogen and oxygen atoms in total. The van der Waals surface area contributed by atoms with Crippen molar-refractivity contribution in [1.29, 1.82) is 0 Å². The SMILES string of the molecule is COC(=O)c1nc(Br)[nH]c1C. The lowest BCUT2D eigenvalue weighted by molar-refractivity contribution is 0.0593. The molecule has 1 aromatic heterocycles. The maximum absolute atomic E-state index is 10.9. The summed E-state index contributed by atoms with van der Waals surface area (Å²) >= 11 is 3.11. The third-order valence-corrected chi connectivity index (χ3v) is 1.61. The highest BCUT2D eigenvalue weighted by molar-refractivity contribution is 9.10. The number of aromatic nitrogens is 2. The van der Waals surface area contributed by atoms with Gasteiger partial charge in [0.05, 0.1) is 7.11 Å². The standard InChI is InChI=1S/C6H7BrN2O2/c1-3-4(5(10)11-2)9-6(7)8-3/h1-2H3,(H,8,9). The maximum atomic E-state index is 10.9. The summed E-state index contributed by atoms with van der Waals surface area (Å²) in [5.74, 6) is -0.426. The number of carbonyl (C=O) groups excluding carboxylic acids is 1. The van der Waals surface area contributed by atoms with Crippen molar-refractivity contribution in [1.82, 2.24) is 9.97 Å². The van der Waals surface area contributed by atoms with Crippen molar-refractivity contribution in [2.45, 2.75) is 6.92 Å². The Morgan fingerprint density at radius 1 is 1.73 bits per heavy atom. The highest BCUT2D eigenvalue weighted by Gasteiger charge is 2.13. The molecule has 0 amide bonds. The molecule has 11 heavy (non-hydrogen) atoms. The fraction of sp³-hybridized carbons (Fsp3) is 0.333. The van der Waals surface area contributed by atoms with Crippen molar-refractivity contribution in [2.75, 3.05) is 7.11 Å². The summed E-state index contributed by atoms with van der Waals surface area (Å²) in [7, 11) is 1.32. The molecule has 0 fully saturated rings. The van der Waals surface area contributed by atoms with Crippen LogP contribution in [0.2, 0.25) is 0 Å². The summed E-state index contributed by atoms with van der Waals surface area (Å²) in [6, 6.07) is 0. The van der Waals surface area contributed by atoms with Crippen LogP contribution in [0.5, 0.6) is 0 Å². The van der Waals surface area contributed by atoms with Gasteiger partial charge in [0.2, 0.25) is 0 Å². The van der Waals surface area contributed by atoms with Crippen LogP contribution in [0, 0.1) is 6.92 Å². The van der Waals surface area contributed by atoms with E-state index in [0.29, 0.717) is 16.1 Å². The van der Waals surface area contributed by atoms with Gasteiger partial charge >= 0.3 is 5.97 Å². The van der Waals surface area contributed by atoms with Gasteiger partial charge in [-0.3, -0.25) is 0 Å². The van der Waals surface area contributed by atoms with Crippen molar-refractivity contribution in [2.24, 2.45) is 0 Å². The molecule has 0 spiro atoms. The number of aryl methyl sites for hydroxylation is 1. The summed E-state index contributed by atoms with van der Waals surface area (Å²) in [4.78, 5) is 17.6. The van der Waals surface area contributed by atoms with Gasteiger partial charge in [-0.05, 0) is 22.9 Å². The third kappa shape index (κ3) is 1.59. The molecule has 0 saturated carbocycles. The van der Waals surface area contributed by atoms with Gasteiger partial charge in [0, 0.05) is 5.69 Å². The number of hydrogen-bond acceptors (Lipinski definition) is 3. The number of methoxy groups -OCH3 is 1. The van der Waals surface area contributed by atoms with E-state index < -0.39 is 5.97 Å². The van der Waals surface area contributed by atoms with Gasteiger partial charge in [-0.25, -0.2) is 9.78 Å². The highest BCUT2D eigenvalue weighted by Crippen LogP contribution is 2.10. The Hall–Kier alpha value is -0.840. The zero-order valence-electron chi connectivity index (χ0n) is 6.14. The van der Waals surface area contributed by atoms with Gasteiger partial charge in [0.15, 0.2) is 10.4 Å². The third-order valence-electron chi connectivity index (χ3n) is 1.23. The van der Waals surface area contributed by atoms with Crippen LogP contribution in [0.1, 0.15) is 16.2 Å². The minimum absolute atomic E-state index is 0.319. The number of carbonyl (C=O) groups is 1. The average Bonchev–Trinajstić information content (AvgIpc) is 2.28. The first-order valence-corrected chi connectivity index (χ1v) is 3.75. The zero-order valence-corrected chi connectivity index (χ0v) is 7.73. The number of H-pyrrole nitrogens is 1. The summed E-state index contributed by atoms with van der Waals surface area (Å²) in [6.45, 7) is 1.75. The molecule has 0 bridgehead atoms. The minimum atomic E-state index is -0.426. The molecule has 1 heterocycles. The van der Waals surface area contributed by atoms with E-state index in [1.54, 1.807) is 6.92 Å². The van der Waals surface area contributed by atoms with E-state index in [1.165, 1.54) is 7.11 Å². The second kappa shape index (κ2) is 3.04. The number of rotatable bonds is 1. The van der Waals surface area contributed by atoms with Crippen LogP contribution in [-0.2, 0) is 4.74 Å². The molecule has 0 radical (unpaired) electrons. The summed E-state index contributed by atoms with van der Waals surface area (Å²) < 4.78 is 5.03. The van der Waals surface area contributed by atoms with E-state index in [9.17, 15) is 4.79 Å². The molecule has 0 atom stereocenters. The Morgan fingerprint density at radius 3 is 2.73 bits per heavy atom. The first kappa shape index (κ1) is 8.26. The molecular weight excluding hydrogens is 212 g/mol. The number of esters is 1. The van der Waals surface area contributed by atoms with Crippen molar-refractivity contribution in [3.8, 4) is 0 Å². The number of nitrogens with one attached hydrogen (secondary N) is 1. The molecule has 0 aliphatic carbocycles. The fourth-order valence-corrected chi connectivity index (χ4v) is 1.19. The number of ether oxygens (including phenoxy) is 1. The minimum Gasteiger partial charge on any atom is -0.464 e. The number of halogens is 1. The van der Waals surface area contributed by atoms with E-state index in [4.69, 9.17) is 0 Å². The predicted octanol–water partition coefficient (Wildman–Crippen LogP) is 1.27. The van der Waals surface area contributed by atoms with E-state index in [0.717, 1.165) is 0 Å². The van der Waals surface area contributed by atoms with Crippen LogP contribution < -0.4 is 0 Å². The molecule has 5 heteroatoms. The maximum Gasteiger partial charge on any atom is 0.358 e. The average molecular weight is 219 g/mol. The lowest BCUT2D eigenvalue weighted by atomic mass is 10.3. The molecule has 60 valence electrons. The van der Waals surface area contributed by atoms with E-state index in [-0.39, 0.29) is 0 Å².